The van der Waals surface area contributed by atoms with Crippen molar-refractivity contribution in [3.8, 4) is 0 Å². The topological polar surface area (TPSA) is 72.2 Å². The van der Waals surface area contributed by atoms with E-state index in [9.17, 15) is 8.42 Å². The van der Waals surface area contributed by atoms with Crippen LogP contribution in [0.15, 0.2) is 12.1 Å². The van der Waals surface area contributed by atoms with E-state index in [1.54, 1.807) is 6.07 Å². The Morgan fingerprint density at radius 1 is 1.35 bits per heavy atom. The standard InChI is InChI=1S/C12H18N2O2S/c1-8-3-6-11(13)9(2)12(8)14-17(15,16)7-10-4-5-10/h3,6,10,14H,4-5,7,13H2,1-2H3. The van der Waals surface area contributed by atoms with Gasteiger partial charge in [-0.3, -0.25) is 4.72 Å². The van der Waals surface area contributed by atoms with Crippen molar-refractivity contribution < 1.29 is 8.42 Å². The molecule has 1 aromatic rings. The Hall–Kier alpha value is -1.23. The second kappa shape index (κ2) is 4.22. The van der Waals surface area contributed by atoms with Gasteiger partial charge in [0.15, 0.2) is 0 Å². The second-order valence-corrected chi connectivity index (χ2v) is 6.57. The first-order valence-corrected chi connectivity index (χ1v) is 7.40. The third-order valence-corrected chi connectivity index (χ3v) is 4.55. The van der Waals surface area contributed by atoms with Crippen molar-refractivity contribution in [3.05, 3.63) is 23.3 Å². The summed E-state index contributed by atoms with van der Waals surface area (Å²) in [6, 6.07) is 3.63. The van der Waals surface area contributed by atoms with Crippen molar-refractivity contribution in [1.29, 1.82) is 0 Å². The molecule has 2 rings (SSSR count). The summed E-state index contributed by atoms with van der Waals surface area (Å²) in [6.45, 7) is 3.71. The quantitative estimate of drug-likeness (QED) is 0.808. The van der Waals surface area contributed by atoms with Gasteiger partial charge in [-0.25, -0.2) is 8.42 Å². The van der Waals surface area contributed by atoms with Gasteiger partial charge in [0.25, 0.3) is 0 Å². The second-order valence-electron chi connectivity index (χ2n) is 4.80. The Bertz CT molecular complexity index is 534. The fourth-order valence-electron chi connectivity index (χ4n) is 1.81. The Morgan fingerprint density at radius 3 is 2.59 bits per heavy atom. The SMILES string of the molecule is Cc1ccc(N)c(C)c1NS(=O)(=O)CC1CC1. The van der Waals surface area contributed by atoms with Crippen LogP contribution in [0.5, 0.6) is 0 Å². The molecule has 0 atom stereocenters. The van der Waals surface area contributed by atoms with E-state index in [2.05, 4.69) is 4.72 Å². The van der Waals surface area contributed by atoms with Crippen molar-refractivity contribution >= 4 is 21.4 Å². The summed E-state index contributed by atoms with van der Waals surface area (Å²) >= 11 is 0. The largest absolute Gasteiger partial charge is 0.398 e. The van der Waals surface area contributed by atoms with Gasteiger partial charge in [0, 0.05) is 5.69 Å². The summed E-state index contributed by atoms with van der Waals surface area (Å²) in [6.07, 6.45) is 2.05. The average Bonchev–Trinajstić information content (AvgIpc) is 3.02. The van der Waals surface area contributed by atoms with Gasteiger partial charge in [-0.2, -0.15) is 0 Å². The summed E-state index contributed by atoms with van der Waals surface area (Å²) < 4.78 is 26.5. The number of benzene rings is 1. The van der Waals surface area contributed by atoms with Gasteiger partial charge >= 0.3 is 0 Å². The maximum absolute atomic E-state index is 11.9. The molecule has 0 aliphatic heterocycles. The lowest BCUT2D eigenvalue weighted by Crippen LogP contribution is -2.19. The van der Waals surface area contributed by atoms with Gasteiger partial charge in [-0.15, -0.1) is 0 Å². The van der Waals surface area contributed by atoms with Crippen LogP contribution < -0.4 is 10.5 Å². The highest BCUT2D eigenvalue weighted by Gasteiger charge is 2.28. The fourth-order valence-corrected chi connectivity index (χ4v) is 3.47. The summed E-state index contributed by atoms with van der Waals surface area (Å²) in [5, 5.41) is 0. The molecule has 4 nitrogen and oxygen atoms in total. The number of nitrogen functional groups attached to an aromatic ring is 1. The molecule has 1 fully saturated rings. The van der Waals surface area contributed by atoms with Crippen molar-refractivity contribution in [2.24, 2.45) is 5.92 Å². The maximum Gasteiger partial charge on any atom is 0.233 e. The Morgan fingerprint density at radius 2 is 2.00 bits per heavy atom. The zero-order valence-corrected chi connectivity index (χ0v) is 11.0. The molecule has 0 spiro atoms. The van der Waals surface area contributed by atoms with Crippen LogP contribution in [0.1, 0.15) is 24.0 Å². The minimum absolute atomic E-state index is 0.223. The normalized spacial score (nSPS) is 15.9. The number of nitrogens with two attached hydrogens (primary N) is 1. The Kier molecular flexibility index (Phi) is 3.03. The zero-order chi connectivity index (χ0) is 12.6. The molecule has 94 valence electrons. The van der Waals surface area contributed by atoms with Crippen molar-refractivity contribution in [2.45, 2.75) is 26.7 Å². The van der Waals surface area contributed by atoms with Gasteiger partial charge in [-0.1, -0.05) is 6.07 Å². The van der Waals surface area contributed by atoms with Gasteiger partial charge < -0.3 is 5.73 Å². The molecule has 1 aromatic carbocycles. The maximum atomic E-state index is 11.9. The monoisotopic (exact) mass is 254 g/mol. The molecule has 1 saturated carbocycles. The lowest BCUT2D eigenvalue weighted by Gasteiger charge is -2.14. The van der Waals surface area contributed by atoms with Gasteiger partial charge in [0.1, 0.15) is 0 Å². The predicted molar refractivity (Wildman–Crippen MR) is 70.5 cm³/mol. The Labute approximate surface area is 102 Å². The van der Waals surface area contributed by atoms with E-state index in [4.69, 9.17) is 5.73 Å². The van der Waals surface area contributed by atoms with Gasteiger partial charge in [-0.05, 0) is 49.8 Å². The van der Waals surface area contributed by atoms with E-state index < -0.39 is 10.0 Å². The number of nitrogens with one attached hydrogen (secondary N) is 1. The third-order valence-electron chi connectivity index (χ3n) is 3.12. The molecule has 3 N–H and O–H groups in total. The molecule has 1 aliphatic rings. The summed E-state index contributed by atoms with van der Waals surface area (Å²) in [4.78, 5) is 0. The lowest BCUT2D eigenvalue weighted by molar-refractivity contribution is 0.597. The molecule has 1 aliphatic carbocycles. The lowest BCUT2D eigenvalue weighted by atomic mass is 10.1. The highest BCUT2D eigenvalue weighted by atomic mass is 32.2. The van der Waals surface area contributed by atoms with E-state index in [1.807, 2.05) is 19.9 Å². The number of hydrogen-bond donors (Lipinski definition) is 2. The van der Waals surface area contributed by atoms with Crippen LogP contribution in [0, 0.1) is 19.8 Å². The van der Waals surface area contributed by atoms with Gasteiger partial charge in [0.2, 0.25) is 10.0 Å². The molecule has 0 saturated heterocycles. The zero-order valence-electron chi connectivity index (χ0n) is 10.2. The molecule has 0 aromatic heterocycles. The molecule has 5 heteroatoms. The molecule has 0 radical (unpaired) electrons. The molecule has 0 heterocycles. The molecular weight excluding hydrogens is 236 g/mol. The molecule has 0 bridgehead atoms. The van der Waals surface area contributed by atoms with Gasteiger partial charge in [0.05, 0.1) is 11.4 Å². The van der Waals surface area contributed by atoms with Crippen molar-refractivity contribution in [2.75, 3.05) is 16.2 Å². The van der Waals surface area contributed by atoms with Crippen LogP contribution in [0.4, 0.5) is 11.4 Å². The first kappa shape index (κ1) is 12.2. The number of rotatable bonds is 4. The highest BCUT2D eigenvalue weighted by Crippen LogP contribution is 2.32. The van der Waals surface area contributed by atoms with E-state index in [1.165, 1.54) is 0 Å². The number of aryl methyl sites for hydroxylation is 1. The number of sulfonamides is 1. The van der Waals surface area contributed by atoms with Crippen LogP contribution in [0.2, 0.25) is 0 Å². The van der Waals surface area contributed by atoms with E-state index in [-0.39, 0.29) is 5.75 Å². The van der Waals surface area contributed by atoms with Crippen LogP contribution in [0.25, 0.3) is 0 Å². The summed E-state index contributed by atoms with van der Waals surface area (Å²) in [5.41, 5.74) is 8.72. The first-order chi connectivity index (χ1) is 7.89. The Balaban J connectivity index is 2.25. The minimum Gasteiger partial charge on any atom is -0.398 e. The van der Waals surface area contributed by atoms with Crippen LogP contribution in [-0.4, -0.2) is 14.2 Å². The number of hydrogen-bond acceptors (Lipinski definition) is 3. The van der Waals surface area contributed by atoms with Crippen molar-refractivity contribution in [3.63, 3.8) is 0 Å². The van der Waals surface area contributed by atoms with Crippen LogP contribution in [-0.2, 0) is 10.0 Å². The van der Waals surface area contributed by atoms with Crippen LogP contribution >= 0.6 is 0 Å². The highest BCUT2D eigenvalue weighted by molar-refractivity contribution is 7.92. The number of anilines is 2. The van der Waals surface area contributed by atoms with Crippen LogP contribution in [0.3, 0.4) is 0 Å². The fraction of sp³-hybridized carbons (Fsp3) is 0.500. The van der Waals surface area contributed by atoms with E-state index in [0.717, 1.165) is 24.0 Å². The summed E-state index contributed by atoms with van der Waals surface area (Å²) in [5.74, 6) is 0.565. The van der Waals surface area contributed by atoms with Crippen molar-refractivity contribution in [1.82, 2.24) is 0 Å². The molecule has 0 unspecified atom stereocenters. The molecule has 0 amide bonds. The van der Waals surface area contributed by atoms with E-state index in [0.29, 0.717) is 17.3 Å². The average molecular weight is 254 g/mol. The summed E-state index contributed by atoms with van der Waals surface area (Å²) in [7, 11) is -3.24. The molecular formula is C12H18N2O2S. The molecule has 17 heavy (non-hydrogen) atoms. The smallest absolute Gasteiger partial charge is 0.233 e. The first-order valence-electron chi connectivity index (χ1n) is 5.75. The minimum atomic E-state index is -3.24. The third kappa shape index (κ3) is 2.91. The van der Waals surface area contributed by atoms with E-state index >= 15 is 0 Å². The predicted octanol–water partition coefficient (Wildman–Crippen LogP) is 2.04.